The number of rotatable bonds is 0. The molecule has 28 nitrogen and oxygen atoms in total. The molecule has 0 bridgehead atoms. The average Bonchev–Trinajstić information content (AvgIpc) is 4.34. The topological polar surface area (TPSA) is 374 Å². The number of hydrogen-bond acceptors (Lipinski definition) is 28. The van der Waals surface area contributed by atoms with Crippen LogP contribution in [0.25, 0.3) is 0 Å². The average molecular weight is 1300 g/mol. The summed E-state index contributed by atoms with van der Waals surface area (Å²) < 4.78 is 26.8. The zero-order valence-corrected chi connectivity index (χ0v) is 60.1. The number of hydrogen-bond donors (Lipinski definition) is 4. The highest BCUT2D eigenvalue weighted by Crippen LogP contribution is 2.09. The van der Waals surface area contributed by atoms with Crippen molar-refractivity contribution in [1.82, 2.24) is 120 Å². The molecule has 488 valence electrons. The van der Waals surface area contributed by atoms with E-state index in [0.29, 0.717) is 23.4 Å². The van der Waals surface area contributed by atoms with Gasteiger partial charge in [0.1, 0.15) is 69.6 Å². The van der Waals surface area contributed by atoms with E-state index in [1.54, 1.807) is 56.6 Å². The lowest BCUT2D eigenvalue weighted by Gasteiger charge is -1.77. The second-order valence-corrected chi connectivity index (χ2v) is 19.8. The van der Waals surface area contributed by atoms with Crippen LogP contribution in [0.1, 0.15) is 168 Å². The van der Waals surface area contributed by atoms with Crippen LogP contribution in [0.2, 0.25) is 0 Å². The first-order chi connectivity index (χ1) is 41.9. The van der Waals surface area contributed by atoms with Crippen molar-refractivity contribution in [2.24, 2.45) is 0 Å². The molecule has 0 fully saturated rings. The van der Waals surface area contributed by atoms with E-state index in [-0.39, 0.29) is 0 Å². The maximum absolute atomic E-state index is 4.85. The molecule has 0 aliphatic heterocycles. The third-order valence-corrected chi connectivity index (χ3v) is 11.7. The second kappa shape index (κ2) is 56.4. The van der Waals surface area contributed by atoms with Crippen LogP contribution in [0.4, 0.5) is 0 Å². The van der Waals surface area contributed by atoms with Crippen LogP contribution in [0.5, 0.6) is 0 Å². The van der Waals surface area contributed by atoms with Crippen molar-refractivity contribution in [2.75, 3.05) is 0 Å². The van der Waals surface area contributed by atoms with E-state index in [0.717, 1.165) is 79.1 Å². The van der Waals surface area contributed by atoms with Crippen LogP contribution < -0.4 is 0 Å². The SMILES string of the molecule is CC.CC.CC.CC.Cc1cn[nH]n1.Cc1ncn[nH]1.Cc1ncn[nH]1.Cc1ncn[nH]1.Cc1ncoc1C.Cc1ncoc1C.Cc1ncsc1C.Cc1ncsc1C.Cc1noc(C)n1.Cc1noc(C)n1.Cc1nsc(C)n1.Cc1nsc(C)n1. The van der Waals surface area contributed by atoms with Crippen LogP contribution in [-0.2, 0) is 0 Å². The van der Waals surface area contributed by atoms with Gasteiger partial charge < -0.3 is 17.9 Å². The molecule has 0 aliphatic carbocycles. The fraction of sp³-hybridized carbons (Fsp3) is 0.500. The Hall–Kier alpha value is -8.36. The number of aromatic amines is 4. The van der Waals surface area contributed by atoms with E-state index in [1.165, 1.54) is 64.6 Å². The summed E-state index contributed by atoms with van der Waals surface area (Å²) in [4.78, 5) is 45.4. The molecular weight excluding hydrogens is 1200 g/mol. The molecule has 12 aromatic heterocycles. The molecule has 32 heteroatoms. The molecule has 4 N–H and O–H groups in total. The quantitative estimate of drug-likeness (QED) is 0.110. The normalized spacial score (nSPS) is 8.68. The number of thiazole rings is 2. The molecule has 12 rings (SSSR count). The molecule has 0 saturated carbocycles. The number of nitrogens with one attached hydrogen (secondary N) is 4. The predicted octanol–water partition coefficient (Wildman–Crippen LogP) is 14.3. The summed E-state index contributed by atoms with van der Waals surface area (Å²) in [5.41, 5.74) is 8.92. The van der Waals surface area contributed by atoms with Crippen LogP contribution >= 0.6 is 45.7 Å². The van der Waals surface area contributed by atoms with Crippen molar-refractivity contribution >= 4 is 45.7 Å². The molecule has 88 heavy (non-hydrogen) atoms. The minimum Gasteiger partial charge on any atom is -0.449 e. The number of H-pyrrole nitrogens is 4. The van der Waals surface area contributed by atoms with Gasteiger partial charge >= 0.3 is 0 Å². The first-order valence-corrected chi connectivity index (χ1v) is 31.1. The summed E-state index contributed by atoms with van der Waals surface area (Å²) in [6, 6.07) is 0. The van der Waals surface area contributed by atoms with Gasteiger partial charge in [-0.3, -0.25) is 15.3 Å². The Bertz CT molecular complexity index is 2710. The molecular formula is C56H96N24O4S4. The second-order valence-electron chi connectivity index (χ2n) is 15.7. The van der Waals surface area contributed by atoms with Crippen molar-refractivity contribution in [2.45, 2.75) is 194 Å². The molecule has 0 unspecified atom stereocenters. The maximum atomic E-state index is 4.85. The molecule has 0 amide bonds. The summed E-state index contributed by atoms with van der Waals surface area (Å²) in [7, 11) is 0. The molecule has 12 heterocycles. The Balaban J connectivity index is -0.000000433. The molecule has 0 aromatic carbocycles. The highest BCUT2D eigenvalue weighted by Gasteiger charge is 1.94. The van der Waals surface area contributed by atoms with E-state index in [9.17, 15) is 0 Å². The van der Waals surface area contributed by atoms with Gasteiger partial charge in [0.15, 0.2) is 24.4 Å². The van der Waals surface area contributed by atoms with Gasteiger partial charge in [-0.2, -0.15) is 49.4 Å². The largest absolute Gasteiger partial charge is 0.449 e. The Kier molecular flexibility index (Phi) is 55.2. The van der Waals surface area contributed by atoms with Crippen LogP contribution in [-0.4, -0.2) is 120 Å². The fourth-order valence-electron chi connectivity index (χ4n) is 4.10. The van der Waals surface area contributed by atoms with Gasteiger partial charge in [-0.1, -0.05) is 65.7 Å². The Morgan fingerprint density at radius 2 is 0.716 bits per heavy atom. The van der Waals surface area contributed by atoms with Crippen molar-refractivity contribution in [1.29, 1.82) is 0 Å². The summed E-state index contributed by atoms with van der Waals surface area (Å²) in [5.74, 6) is 8.76. The predicted molar refractivity (Wildman–Crippen MR) is 351 cm³/mol. The lowest BCUT2D eigenvalue weighted by atomic mass is 10.4. The molecule has 0 spiro atoms. The van der Waals surface area contributed by atoms with E-state index in [2.05, 4.69) is 143 Å². The fourth-order valence-corrected chi connectivity index (χ4v) is 6.24. The lowest BCUT2D eigenvalue weighted by molar-refractivity contribution is 0.389. The van der Waals surface area contributed by atoms with Crippen molar-refractivity contribution in [3.8, 4) is 0 Å². The highest BCUT2D eigenvalue weighted by molar-refractivity contribution is 7.10. The third-order valence-electron chi connectivity index (χ3n) is 8.60. The van der Waals surface area contributed by atoms with E-state index < -0.39 is 0 Å². The first-order valence-electron chi connectivity index (χ1n) is 27.8. The minimum absolute atomic E-state index is 0.623. The van der Waals surface area contributed by atoms with Crippen LogP contribution in [0, 0.1) is 138 Å². The van der Waals surface area contributed by atoms with Gasteiger partial charge in [-0.05, 0) is 148 Å². The van der Waals surface area contributed by atoms with E-state index in [1.807, 2.05) is 163 Å². The Morgan fingerprint density at radius 1 is 0.375 bits per heavy atom. The third kappa shape index (κ3) is 49.9. The number of oxazole rings is 2. The van der Waals surface area contributed by atoms with E-state index >= 15 is 0 Å². The molecule has 0 aliphatic rings. The first kappa shape index (κ1) is 86.1. The lowest BCUT2D eigenvalue weighted by Crippen LogP contribution is -1.70. The van der Waals surface area contributed by atoms with Crippen LogP contribution in [0.15, 0.2) is 66.9 Å². The van der Waals surface area contributed by atoms with Gasteiger partial charge in [-0.15, -0.1) is 22.7 Å². The van der Waals surface area contributed by atoms with Gasteiger partial charge in [0.05, 0.1) is 45.7 Å². The molecule has 0 radical (unpaired) electrons. The van der Waals surface area contributed by atoms with Gasteiger partial charge in [0.25, 0.3) is 0 Å². The molecule has 12 aromatic rings. The number of aromatic nitrogens is 24. The summed E-state index contributed by atoms with van der Waals surface area (Å²) in [6.07, 6.45) is 9.01. The monoisotopic (exact) mass is 1300 g/mol. The van der Waals surface area contributed by atoms with Gasteiger partial charge in [0.2, 0.25) is 11.8 Å². The zero-order chi connectivity index (χ0) is 67.8. The van der Waals surface area contributed by atoms with Gasteiger partial charge in [-0.25, -0.2) is 44.9 Å². The standard InChI is InChI=1S/2C5H7NO.2C5H7NS.2C4H6N2O.2C4H6N2S.4C3H5N3.4C2H6/c4*1-4-5(2)7-3-6-4;4*1-3-5-4(2)7-6-3;3*1-3-4-2-5-6-3;1-3-2-4-6-5-3;4*1-2/h4*3H,1-2H3;4*1-2H3;4*2H,1H3,(H,4,5,6);4*1-2H3. The Labute approximate surface area is 535 Å². The summed E-state index contributed by atoms with van der Waals surface area (Å²) in [5, 5.41) is 37.5. The number of nitrogens with zero attached hydrogens (tertiary/aromatic N) is 20. The van der Waals surface area contributed by atoms with Crippen LogP contribution in [0.3, 0.4) is 0 Å². The smallest absolute Gasteiger partial charge is 0.223 e. The zero-order valence-electron chi connectivity index (χ0n) is 56.8. The number of aryl methyl sites for hydroxylation is 20. The molecule has 0 atom stereocenters. The minimum atomic E-state index is 0.623. The van der Waals surface area contributed by atoms with Gasteiger partial charge in [0, 0.05) is 23.6 Å². The van der Waals surface area contributed by atoms with Crippen molar-refractivity contribution < 1.29 is 17.9 Å². The van der Waals surface area contributed by atoms with E-state index in [4.69, 9.17) is 8.83 Å². The highest BCUT2D eigenvalue weighted by atomic mass is 32.1. The summed E-state index contributed by atoms with van der Waals surface area (Å²) in [6.45, 7) is 54.0. The Morgan fingerprint density at radius 3 is 0.784 bits per heavy atom. The van der Waals surface area contributed by atoms with Crippen molar-refractivity contribution in [3.63, 3.8) is 0 Å². The maximum Gasteiger partial charge on any atom is 0.223 e. The molecule has 0 saturated heterocycles. The van der Waals surface area contributed by atoms with Crippen molar-refractivity contribution in [3.05, 3.63) is 161 Å². The summed E-state index contributed by atoms with van der Waals surface area (Å²) >= 11 is 6.27.